The highest BCUT2D eigenvalue weighted by Crippen LogP contribution is 2.43. The molecule has 1 atom stereocenters. The van der Waals surface area contributed by atoms with Gasteiger partial charge in [0.2, 0.25) is 10.0 Å². The zero-order valence-electron chi connectivity index (χ0n) is 17.4. The average molecular weight is 433 g/mol. The van der Waals surface area contributed by atoms with Crippen LogP contribution in [0.5, 0.6) is 0 Å². The van der Waals surface area contributed by atoms with Gasteiger partial charge < -0.3 is 15.1 Å². The van der Waals surface area contributed by atoms with E-state index in [9.17, 15) is 8.42 Å². The Morgan fingerprint density at radius 1 is 1.17 bits per heavy atom. The summed E-state index contributed by atoms with van der Waals surface area (Å²) >= 11 is 0. The Labute approximate surface area is 177 Å². The third-order valence-corrected chi connectivity index (χ3v) is 7.60. The summed E-state index contributed by atoms with van der Waals surface area (Å²) in [5, 5.41) is 0. The SMILES string of the molecule is CC1(OC2=CC3=C(CC2)NN[C@H]3c2cc(N3CCN(S(C)(=O)=O)CC3)ncn2)CC1. The molecule has 2 fully saturated rings. The summed E-state index contributed by atoms with van der Waals surface area (Å²) in [5.41, 5.74) is 9.93. The lowest BCUT2D eigenvalue weighted by molar-refractivity contribution is 0.102. The summed E-state index contributed by atoms with van der Waals surface area (Å²) in [7, 11) is -3.15. The van der Waals surface area contributed by atoms with Crippen LogP contribution in [0.25, 0.3) is 0 Å². The molecule has 0 amide bonds. The van der Waals surface area contributed by atoms with Gasteiger partial charge in [-0.05, 0) is 32.3 Å². The largest absolute Gasteiger partial charge is 0.492 e. The Hall–Kier alpha value is -2.17. The zero-order chi connectivity index (χ0) is 20.9. The summed E-state index contributed by atoms with van der Waals surface area (Å²) in [6, 6.07) is 1.93. The van der Waals surface area contributed by atoms with E-state index >= 15 is 0 Å². The Morgan fingerprint density at radius 3 is 2.63 bits per heavy atom. The molecule has 4 aliphatic rings. The number of hydrogen-bond acceptors (Lipinski definition) is 8. The minimum absolute atomic E-state index is 0.0229. The highest BCUT2D eigenvalue weighted by Gasteiger charge is 2.41. The van der Waals surface area contributed by atoms with Gasteiger partial charge in [-0.3, -0.25) is 0 Å². The highest BCUT2D eigenvalue weighted by molar-refractivity contribution is 7.88. The molecule has 1 saturated carbocycles. The van der Waals surface area contributed by atoms with Gasteiger partial charge in [0.15, 0.2) is 0 Å². The summed E-state index contributed by atoms with van der Waals surface area (Å²) in [5.74, 6) is 1.88. The van der Waals surface area contributed by atoms with E-state index in [0.717, 1.165) is 43.0 Å². The van der Waals surface area contributed by atoms with Crippen molar-refractivity contribution in [1.29, 1.82) is 0 Å². The normalized spacial score (nSPS) is 26.1. The van der Waals surface area contributed by atoms with E-state index in [1.54, 1.807) is 6.33 Å². The molecule has 2 N–H and O–H groups in total. The summed E-state index contributed by atoms with van der Waals surface area (Å²) < 4.78 is 31.2. The minimum atomic E-state index is -3.15. The van der Waals surface area contributed by atoms with Crippen LogP contribution in [0.4, 0.5) is 5.82 Å². The summed E-state index contributed by atoms with van der Waals surface area (Å²) in [6.45, 7) is 4.34. The third-order valence-electron chi connectivity index (χ3n) is 6.30. The van der Waals surface area contributed by atoms with E-state index in [1.807, 2.05) is 6.07 Å². The van der Waals surface area contributed by atoms with Gasteiger partial charge in [0.25, 0.3) is 0 Å². The van der Waals surface area contributed by atoms with Crippen molar-refractivity contribution in [2.45, 2.75) is 44.2 Å². The predicted molar refractivity (Wildman–Crippen MR) is 113 cm³/mol. The van der Waals surface area contributed by atoms with Crippen LogP contribution in [0.1, 0.15) is 44.3 Å². The first-order valence-electron chi connectivity index (χ1n) is 10.5. The molecule has 0 bridgehead atoms. The average Bonchev–Trinajstić information content (AvgIpc) is 3.30. The van der Waals surface area contributed by atoms with Crippen LogP contribution in [0.2, 0.25) is 0 Å². The van der Waals surface area contributed by atoms with E-state index in [2.05, 4.69) is 38.7 Å². The number of anilines is 1. The fourth-order valence-corrected chi connectivity index (χ4v) is 5.03. The molecule has 1 saturated heterocycles. The molecule has 10 heteroatoms. The molecule has 1 aromatic rings. The first-order valence-corrected chi connectivity index (χ1v) is 12.3. The van der Waals surface area contributed by atoms with Crippen molar-refractivity contribution in [3.8, 4) is 0 Å². The van der Waals surface area contributed by atoms with E-state index < -0.39 is 10.0 Å². The monoisotopic (exact) mass is 432 g/mol. The van der Waals surface area contributed by atoms with Crippen LogP contribution in [0, 0.1) is 0 Å². The zero-order valence-corrected chi connectivity index (χ0v) is 18.2. The Bertz CT molecular complexity index is 1010. The predicted octanol–water partition coefficient (Wildman–Crippen LogP) is 1.21. The van der Waals surface area contributed by atoms with Gasteiger partial charge in [0.05, 0.1) is 23.8 Å². The summed E-state index contributed by atoms with van der Waals surface area (Å²) in [6.07, 6.45) is 9.09. The molecule has 162 valence electrons. The molecule has 0 spiro atoms. The molecule has 0 radical (unpaired) electrons. The number of rotatable bonds is 5. The van der Waals surface area contributed by atoms with Crippen LogP contribution in [-0.4, -0.2) is 60.7 Å². The molecular formula is C20H28N6O3S. The lowest BCUT2D eigenvalue weighted by atomic mass is 9.96. The standard InChI is InChI=1S/C20H28N6O3S/c1-20(5-6-20)29-14-3-4-16-15(11-14)19(24-23-16)17-12-18(22-13-21-17)25-7-9-26(10-8-25)30(2,27)28/h11-13,19,23-24H,3-10H2,1-2H3/t19-/m1/s1. The van der Waals surface area contributed by atoms with Gasteiger partial charge in [0, 0.05) is 49.9 Å². The van der Waals surface area contributed by atoms with E-state index in [0.29, 0.717) is 26.2 Å². The smallest absolute Gasteiger partial charge is 0.211 e. The van der Waals surface area contributed by atoms with Crippen LogP contribution in [-0.2, 0) is 14.8 Å². The molecule has 2 aliphatic heterocycles. The number of nitrogens with one attached hydrogen (secondary N) is 2. The number of allylic oxidation sites excluding steroid dienone is 2. The number of hydrogen-bond donors (Lipinski definition) is 2. The van der Waals surface area contributed by atoms with Gasteiger partial charge in [-0.25, -0.2) is 23.8 Å². The number of piperazine rings is 1. The Balaban J connectivity index is 1.33. The van der Waals surface area contributed by atoms with Crippen LogP contribution in [0.3, 0.4) is 0 Å². The minimum Gasteiger partial charge on any atom is -0.492 e. The van der Waals surface area contributed by atoms with Crippen LogP contribution >= 0.6 is 0 Å². The van der Waals surface area contributed by atoms with E-state index in [-0.39, 0.29) is 11.6 Å². The maximum Gasteiger partial charge on any atom is 0.211 e. The second kappa shape index (κ2) is 7.21. The Morgan fingerprint density at radius 2 is 1.93 bits per heavy atom. The lowest BCUT2D eigenvalue weighted by Crippen LogP contribution is -2.48. The van der Waals surface area contributed by atoms with Crippen molar-refractivity contribution >= 4 is 15.8 Å². The van der Waals surface area contributed by atoms with Crippen LogP contribution in [0.15, 0.2) is 35.5 Å². The number of ether oxygens (including phenoxy) is 1. The first-order chi connectivity index (χ1) is 14.3. The molecular weight excluding hydrogens is 404 g/mol. The molecule has 0 aromatic carbocycles. The van der Waals surface area contributed by atoms with E-state index in [1.165, 1.54) is 21.8 Å². The maximum atomic E-state index is 11.8. The number of hydrazine groups is 1. The van der Waals surface area contributed by atoms with E-state index in [4.69, 9.17) is 4.74 Å². The van der Waals surface area contributed by atoms with Crippen molar-refractivity contribution in [3.63, 3.8) is 0 Å². The fraction of sp³-hybridized carbons (Fsp3) is 0.600. The summed E-state index contributed by atoms with van der Waals surface area (Å²) in [4.78, 5) is 11.1. The number of aromatic nitrogens is 2. The van der Waals surface area contributed by atoms with Crippen molar-refractivity contribution in [2.24, 2.45) is 0 Å². The van der Waals surface area contributed by atoms with Crippen molar-refractivity contribution in [1.82, 2.24) is 25.1 Å². The molecule has 5 rings (SSSR count). The first kappa shape index (κ1) is 19.8. The van der Waals surface area contributed by atoms with Gasteiger partial charge >= 0.3 is 0 Å². The molecule has 30 heavy (non-hydrogen) atoms. The molecule has 0 unspecified atom stereocenters. The topological polar surface area (TPSA) is 99.7 Å². The molecule has 2 aliphatic carbocycles. The maximum absolute atomic E-state index is 11.8. The van der Waals surface area contributed by atoms with Crippen molar-refractivity contribution in [3.05, 3.63) is 41.2 Å². The lowest BCUT2D eigenvalue weighted by Gasteiger charge is -2.34. The second-order valence-corrected chi connectivity index (χ2v) is 10.7. The van der Waals surface area contributed by atoms with Gasteiger partial charge in [0.1, 0.15) is 17.7 Å². The van der Waals surface area contributed by atoms with Crippen molar-refractivity contribution < 1.29 is 13.2 Å². The third kappa shape index (κ3) is 3.91. The molecule has 9 nitrogen and oxygen atoms in total. The molecule has 3 heterocycles. The van der Waals surface area contributed by atoms with Gasteiger partial charge in [-0.15, -0.1) is 0 Å². The van der Waals surface area contributed by atoms with Gasteiger partial charge in [-0.1, -0.05) is 0 Å². The van der Waals surface area contributed by atoms with Crippen molar-refractivity contribution in [2.75, 3.05) is 37.3 Å². The number of nitrogens with zero attached hydrogens (tertiary/aromatic N) is 4. The number of sulfonamides is 1. The van der Waals surface area contributed by atoms with Gasteiger partial charge in [-0.2, -0.15) is 4.31 Å². The second-order valence-electron chi connectivity index (χ2n) is 8.75. The molecule has 1 aromatic heterocycles. The fourth-order valence-electron chi connectivity index (χ4n) is 4.20. The quantitative estimate of drug-likeness (QED) is 0.716. The van der Waals surface area contributed by atoms with Crippen LogP contribution < -0.4 is 15.8 Å². The highest BCUT2D eigenvalue weighted by atomic mass is 32.2. The Kier molecular flexibility index (Phi) is 4.75.